The monoisotopic (exact) mass is 279 g/mol. The molecule has 1 aliphatic carbocycles. The van der Waals surface area contributed by atoms with Gasteiger partial charge in [-0.1, -0.05) is 6.42 Å². The van der Waals surface area contributed by atoms with E-state index in [0.29, 0.717) is 0 Å². The second kappa shape index (κ2) is 5.48. The number of hydrogen-bond acceptors (Lipinski definition) is 4. The van der Waals surface area contributed by atoms with Gasteiger partial charge in [-0.3, -0.25) is 10.1 Å². The molecule has 20 heavy (non-hydrogen) atoms. The molecule has 108 valence electrons. The van der Waals surface area contributed by atoms with Crippen molar-refractivity contribution < 1.29 is 19.6 Å². The van der Waals surface area contributed by atoms with Crippen LogP contribution >= 0.6 is 0 Å². The number of nitro benzene ring substituents is 1. The molecule has 1 saturated carbocycles. The Hall–Kier alpha value is -2.11. The molecule has 0 radical (unpaired) electrons. The van der Waals surface area contributed by atoms with Gasteiger partial charge in [0.2, 0.25) is 0 Å². The van der Waals surface area contributed by atoms with Gasteiger partial charge in [-0.2, -0.15) is 0 Å². The van der Waals surface area contributed by atoms with Crippen LogP contribution in [0.3, 0.4) is 0 Å². The zero-order valence-electron chi connectivity index (χ0n) is 11.3. The van der Waals surface area contributed by atoms with Crippen LogP contribution in [0.25, 0.3) is 0 Å². The first-order chi connectivity index (χ1) is 9.41. The van der Waals surface area contributed by atoms with Gasteiger partial charge in [-0.05, 0) is 38.7 Å². The van der Waals surface area contributed by atoms with Crippen molar-refractivity contribution in [3.05, 3.63) is 33.9 Å². The Morgan fingerprint density at radius 3 is 2.55 bits per heavy atom. The summed E-state index contributed by atoms with van der Waals surface area (Å²) in [4.78, 5) is 21.5. The van der Waals surface area contributed by atoms with Crippen molar-refractivity contribution in [1.82, 2.24) is 0 Å². The van der Waals surface area contributed by atoms with Gasteiger partial charge in [0, 0.05) is 12.1 Å². The van der Waals surface area contributed by atoms with Gasteiger partial charge in [0.05, 0.1) is 10.5 Å². The number of benzene rings is 1. The molecule has 0 bridgehead atoms. The molecular formula is C14H17NO5. The Morgan fingerprint density at radius 1 is 1.35 bits per heavy atom. The first kappa shape index (κ1) is 14.3. The molecule has 6 nitrogen and oxygen atoms in total. The molecule has 1 aliphatic rings. The Kier molecular flexibility index (Phi) is 3.92. The van der Waals surface area contributed by atoms with Gasteiger partial charge < -0.3 is 9.84 Å². The lowest BCUT2D eigenvalue weighted by molar-refractivity contribution is -0.386. The highest BCUT2D eigenvalue weighted by Gasteiger charge is 2.31. The van der Waals surface area contributed by atoms with E-state index in [1.165, 1.54) is 18.2 Å². The molecule has 0 saturated heterocycles. The van der Waals surface area contributed by atoms with Crippen molar-refractivity contribution >= 4 is 11.7 Å². The summed E-state index contributed by atoms with van der Waals surface area (Å²) in [5, 5.41) is 20.0. The van der Waals surface area contributed by atoms with E-state index in [1.54, 1.807) is 0 Å². The van der Waals surface area contributed by atoms with Crippen LogP contribution in [0.4, 0.5) is 5.69 Å². The fourth-order valence-electron chi connectivity index (χ4n) is 2.55. The van der Waals surface area contributed by atoms with E-state index < -0.39 is 16.5 Å². The summed E-state index contributed by atoms with van der Waals surface area (Å²) in [5.41, 5.74) is -0.660. The number of carboxylic acid groups (broad SMARTS) is 1. The van der Waals surface area contributed by atoms with Crippen molar-refractivity contribution in [1.29, 1.82) is 0 Å². The molecular weight excluding hydrogens is 262 g/mol. The maximum atomic E-state index is 11.0. The molecule has 6 heteroatoms. The number of nitro groups is 1. The summed E-state index contributed by atoms with van der Waals surface area (Å²) < 4.78 is 5.82. The summed E-state index contributed by atoms with van der Waals surface area (Å²) in [7, 11) is 0. The topological polar surface area (TPSA) is 89.7 Å². The lowest BCUT2D eigenvalue weighted by Gasteiger charge is -2.34. The predicted octanol–water partition coefficient (Wildman–Crippen LogP) is 3.39. The zero-order chi connectivity index (χ0) is 14.8. The number of aromatic carboxylic acids is 1. The second-order valence-electron chi connectivity index (χ2n) is 5.36. The maximum absolute atomic E-state index is 11.0. The van der Waals surface area contributed by atoms with Gasteiger partial charge in [0.25, 0.3) is 0 Å². The van der Waals surface area contributed by atoms with Crippen LogP contribution in [-0.2, 0) is 0 Å². The lowest BCUT2D eigenvalue weighted by atomic mass is 9.86. The minimum atomic E-state index is -1.13. The molecule has 0 atom stereocenters. The number of carboxylic acids is 1. The van der Waals surface area contributed by atoms with Crippen LogP contribution in [-0.4, -0.2) is 21.6 Å². The third-order valence-corrected chi connectivity index (χ3v) is 3.67. The van der Waals surface area contributed by atoms with Gasteiger partial charge in [0.15, 0.2) is 5.75 Å². The standard InChI is InChI=1S/C14H17NO5/c1-14(7-3-2-4-8-14)20-12-9-10(13(16)17)5-6-11(12)15(18)19/h5-6,9H,2-4,7-8H2,1H3,(H,16,17). The Morgan fingerprint density at radius 2 is 2.00 bits per heavy atom. The number of rotatable bonds is 4. The Labute approximate surface area is 116 Å². The highest BCUT2D eigenvalue weighted by molar-refractivity contribution is 5.88. The molecule has 0 amide bonds. The lowest BCUT2D eigenvalue weighted by Crippen LogP contribution is -2.34. The van der Waals surface area contributed by atoms with E-state index >= 15 is 0 Å². The van der Waals surface area contributed by atoms with E-state index in [2.05, 4.69) is 0 Å². The number of ether oxygens (including phenoxy) is 1. The average Bonchev–Trinajstić information content (AvgIpc) is 2.38. The predicted molar refractivity (Wildman–Crippen MR) is 72.2 cm³/mol. The fraction of sp³-hybridized carbons (Fsp3) is 0.500. The molecule has 1 N–H and O–H groups in total. The normalized spacial score (nSPS) is 17.4. The Balaban J connectivity index is 2.34. The summed E-state index contributed by atoms with van der Waals surface area (Å²) in [6, 6.07) is 3.64. The molecule has 0 spiro atoms. The average molecular weight is 279 g/mol. The summed E-state index contributed by atoms with van der Waals surface area (Å²) in [6.07, 6.45) is 4.81. The third-order valence-electron chi connectivity index (χ3n) is 3.67. The minimum absolute atomic E-state index is 0.00925. The quantitative estimate of drug-likeness (QED) is 0.674. The van der Waals surface area contributed by atoms with Crippen molar-refractivity contribution in [2.45, 2.75) is 44.6 Å². The van der Waals surface area contributed by atoms with Crippen LogP contribution in [0.1, 0.15) is 49.4 Å². The van der Waals surface area contributed by atoms with Gasteiger partial charge >= 0.3 is 11.7 Å². The molecule has 0 aliphatic heterocycles. The van der Waals surface area contributed by atoms with Crippen LogP contribution in [0, 0.1) is 10.1 Å². The van der Waals surface area contributed by atoms with Crippen molar-refractivity contribution in [2.75, 3.05) is 0 Å². The number of nitrogens with zero attached hydrogens (tertiary/aromatic N) is 1. The van der Waals surface area contributed by atoms with Crippen molar-refractivity contribution in [3.8, 4) is 5.75 Å². The molecule has 0 aromatic heterocycles. The van der Waals surface area contributed by atoms with E-state index in [1.807, 2.05) is 6.92 Å². The molecule has 2 rings (SSSR count). The summed E-state index contributed by atoms with van der Waals surface area (Å²) >= 11 is 0. The molecule has 1 aromatic carbocycles. The van der Waals surface area contributed by atoms with Crippen LogP contribution in [0.2, 0.25) is 0 Å². The first-order valence-electron chi connectivity index (χ1n) is 6.62. The Bertz CT molecular complexity index is 534. The molecule has 0 unspecified atom stereocenters. The maximum Gasteiger partial charge on any atom is 0.335 e. The molecule has 0 heterocycles. The SMILES string of the molecule is CC1(Oc2cc(C(=O)O)ccc2[N+](=O)[O-])CCCCC1. The summed E-state index contributed by atoms with van der Waals surface area (Å²) in [6.45, 7) is 1.92. The highest BCUT2D eigenvalue weighted by Crippen LogP contribution is 2.37. The largest absolute Gasteiger partial charge is 0.481 e. The second-order valence-corrected chi connectivity index (χ2v) is 5.36. The molecule has 1 aromatic rings. The third kappa shape index (κ3) is 3.07. The van der Waals surface area contributed by atoms with E-state index in [9.17, 15) is 14.9 Å². The van der Waals surface area contributed by atoms with E-state index in [4.69, 9.17) is 9.84 Å². The van der Waals surface area contributed by atoms with E-state index in [0.717, 1.165) is 32.1 Å². The number of carbonyl (C=O) groups is 1. The van der Waals surface area contributed by atoms with Crippen molar-refractivity contribution in [2.24, 2.45) is 0 Å². The van der Waals surface area contributed by atoms with Crippen molar-refractivity contribution in [3.63, 3.8) is 0 Å². The minimum Gasteiger partial charge on any atom is -0.481 e. The van der Waals surface area contributed by atoms with Gasteiger partial charge in [-0.25, -0.2) is 4.79 Å². The van der Waals surface area contributed by atoms with Gasteiger partial charge in [-0.15, -0.1) is 0 Å². The van der Waals surface area contributed by atoms with E-state index in [-0.39, 0.29) is 17.0 Å². The smallest absolute Gasteiger partial charge is 0.335 e. The van der Waals surface area contributed by atoms with Crippen LogP contribution < -0.4 is 4.74 Å². The van der Waals surface area contributed by atoms with Gasteiger partial charge in [0.1, 0.15) is 5.60 Å². The fourth-order valence-corrected chi connectivity index (χ4v) is 2.55. The van der Waals surface area contributed by atoms with Crippen LogP contribution in [0.5, 0.6) is 5.75 Å². The highest BCUT2D eigenvalue weighted by atomic mass is 16.6. The first-order valence-corrected chi connectivity index (χ1v) is 6.62. The number of hydrogen-bond donors (Lipinski definition) is 1. The molecule has 1 fully saturated rings. The summed E-state index contributed by atoms with van der Waals surface area (Å²) in [5.74, 6) is -1.09. The zero-order valence-corrected chi connectivity index (χ0v) is 11.3. The van der Waals surface area contributed by atoms with Crippen LogP contribution in [0.15, 0.2) is 18.2 Å².